The summed E-state index contributed by atoms with van der Waals surface area (Å²) in [7, 11) is 0. The Hall–Kier alpha value is -3.76. The standard InChI is InChI=1S/C27H23BrN4O2/c1-3-18(2)26-31-25-12-11-22(28)14-24(25)27(33)32(26)30-16-19-7-6-10-23(13-19)34-17-21-9-5-4-8-20(21)15-29/h4-14,16,18H,3,17H2,1-2H3/t18-/m0/s1. The van der Waals surface area contributed by atoms with Gasteiger partial charge in [0.25, 0.3) is 5.56 Å². The number of hydrogen-bond donors (Lipinski definition) is 0. The molecule has 0 amide bonds. The Morgan fingerprint density at radius 1 is 1.18 bits per heavy atom. The zero-order valence-electron chi connectivity index (χ0n) is 18.9. The molecular formula is C27H23BrN4O2. The molecule has 4 aromatic rings. The lowest BCUT2D eigenvalue weighted by Crippen LogP contribution is -2.23. The first-order chi connectivity index (χ1) is 16.5. The highest BCUT2D eigenvalue weighted by atomic mass is 79.9. The van der Waals surface area contributed by atoms with E-state index in [1.54, 1.807) is 18.3 Å². The predicted octanol–water partition coefficient (Wildman–Crippen LogP) is 6.01. The van der Waals surface area contributed by atoms with E-state index in [9.17, 15) is 10.1 Å². The van der Waals surface area contributed by atoms with E-state index in [-0.39, 0.29) is 18.1 Å². The number of benzene rings is 3. The SMILES string of the molecule is CC[C@H](C)c1nc2ccc(Br)cc2c(=O)n1N=Cc1cccc(OCc2ccccc2C#N)c1. The second kappa shape index (κ2) is 10.4. The number of fused-ring (bicyclic) bond motifs is 1. The van der Waals surface area contributed by atoms with Gasteiger partial charge in [0.05, 0.1) is 28.8 Å². The fraction of sp³-hybridized carbons (Fsp3) is 0.185. The van der Waals surface area contributed by atoms with Gasteiger partial charge < -0.3 is 4.74 Å². The predicted molar refractivity (Wildman–Crippen MR) is 137 cm³/mol. The molecule has 0 spiro atoms. The maximum absolute atomic E-state index is 13.3. The van der Waals surface area contributed by atoms with Gasteiger partial charge >= 0.3 is 0 Å². The zero-order chi connectivity index (χ0) is 24.1. The minimum absolute atomic E-state index is 0.0627. The first-order valence-electron chi connectivity index (χ1n) is 11.0. The number of hydrogen-bond acceptors (Lipinski definition) is 5. The number of aromatic nitrogens is 2. The van der Waals surface area contributed by atoms with Crippen LogP contribution in [0, 0.1) is 11.3 Å². The Kier molecular flexibility index (Phi) is 7.19. The number of nitriles is 1. The van der Waals surface area contributed by atoms with E-state index in [1.807, 2.05) is 61.5 Å². The van der Waals surface area contributed by atoms with Crippen LogP contribution in [0.2, 0.25) is 0 Å². The second-order valence-electron chi connectivity index (χ2n) is 7.93. The van der Waals surface area contributed by atoms with Gasteiger partial charge in [-0.3, -0.25) is 4.79 Å². The van der Waals surface area contributed by atoms with Gasteiger partial charge in [-0.15, -0.1) is 0 Å². The van der Waals surface area contributed by atoms with Crippen molar-refractivity contribution < 1.29 is 4.74 Å². The van der Waals surface area contributed by atoms with Crippen molar-refractivity contribution in [1.29, 1.82) is 5.26 Å². The third-order valence-corrected chi connectivity index (χ3v) is 6.09. The van der Waals surface area contributed by atoms with E-state index in [0.717, 1.165) is 22.0 Å². The van der Waals surface area contributed by atoms with E-state index in [4.69, 9.17) is 9.72 Å². The third-order valence-electron chi connectivity index (χ3n) is 5.60. The molecule has 4 rings (SSSR count). The van der Waals surface area contributed by atoms with Crippen LogP contribution in [0.15, 0.2) is 81.1 Å². The minimum atomic E-state index is -0.210. The summed E-state index contributed by atoms with van der Waals surface area (Å²) in [6.45, 7) is 4.37. The van der Waals surface area contributed by atoms with Crippen LogP contribution < -0.4 is 10.3 Å². The molecule has 0 N–H and O–H groups in total. The molecule has 170 valence electrons. The van der Waals surface area contributed by atoms with Crippen LogP contribution in [-0.4, -0.2) is 15.9 Å². The smallest absolute Gasteiger partial charge is 0.282 e. The molecule has 0 fully saturated rings. The highest BCUT2D eigenvalue weighted by Crippen LogP contribution is 2.21. The number of halogens is 1. The van der Waals surface area contributed by atoms with Crippen LogP contribution in [0.3, 0.4) is 0 Å². The lowest BCUT2D eigenvalue weighted by Gasteiger charge is -2.14. The van der Waals surface area contributed by atoms with Crippen molar-refractivity contribution in [3.05, 3.63) is 104 Å². The molecule has 0 aliphatic heterocycles. The fourth-order valence-corrected chi connectivity index (χ4v) is 3.87. The highest BCUT2D eigenvalue weighted by molar-refractivity contribution is 9.10. The normalized spacial score (nSPS) is 12.1. The van der Waals surface area contributed by atoms with E-state index in [2.05, 4.69) is 34.0 Å². The molecule has 34 heavy (non-hydrogen) atoms. The third kappa shape index (κ3) is 5.08. The van der Waals surface area contributed by atoms with Crippen LogP contribution in [-0.2, 0) is 6.61 Å². The van der Waals surface area contributed by atoms with Crippen LogP contribution in [0.1, 0.15) is 48.7 Å². The Morgan fingerprint density at radius 2 is 2.00 bits per heavy atom. The van der Waals surface area contributed by atoms with Crippen molar-refractivity contribution in [1.82, 2.24) is 9.66 Å². The monoisotopic (exact) mass is 514 g/mol. The zero-order valence-corrected chi connectivity index (χ0v) is 20.5. The lowest BCUT2D eigenvalue weighted by molar-refractivity contribution is 0.306. The lowest BCUT2D eigenvalue weighted by atomic mass is 10.1. The molecule has 0 aliphatic carbocycles. The summed E-state index contributed by atoms with van der Waals surface area (Å²) in [6, 6.07) is 22.5. The van der Waals surface area contributed by atoms with E-state index in [1.165, 1.54) is 4.68 Å². The van der Waals surface area contributed by atoms with Crippen molar-refractivity contribution in [2.45, 2.75) is 32.8 Å². The Morgan fingerprint density at radius 3 is 2.79 bits per heavy atom. The van der Waals surface area contributed by atoms with Gasteiger partial charge in [0, 0.05) is 16.0 Å². The molecule has 6 nitrogen and oxygen atoms in total. The quantitative estimate of drug-likeness (QED) is 0.283. The summed E-state index contributed by atoms with van der Waals surface area (Å²) in [5.74, 6) is 1.33. The molecule has 0 bridgehead atoms. The summed E-state index contributed by atoms with van der Waals surface area (Å²) in [5, 5.41) is 14.3. The molecule has 1 atom stereocenters. The van der Waals surface area contributed by atoms with Gasteiger partial charge in [-0.1, -0.05) is 60.1 Å². The number of nitrogens with zero attached hydrogens (tertiary/aromatic N) is 4. The summed E-state index contributed by atoms with van der Waals surface area (Å²) >= 11 is 3.43. The topological polar surface area (TPSA) is 80.3 Å². The molecule has 0 aliphatic rings. The molecule has 7 heteroatoms. The van der Waals surface area contributed by atoms with Crippen molar-refractivity contribution in [3.8, 4) is 11.8 Å². The summed E-state index contributed by atoms with van der Waals surface area (Å²) < 4.78 is 8.10. The van der Waals surface area contributed by atoms with E-state index in [0.29, 0.717) is 28.0 Å². The maximum Gasteiger partial charge on any atom is 0.282 e. The average molecular weight is 515 g/mol. The first kappa shape index (κ1) is 23.4. The fourth-order valence-electron chi connectivity index (χ4n) is 3.50. The van der Waals surface area contributed by atoms with Crippen molar-refractivity contribution in [3.63, 3.8) is 0 Å². The molecular weight excluding hydrogens is 492 g/mol. The Labute approximate surface area is 206 Å². The van der Waals surface area contributed by atoms with Crippen LogP contribution >= 0.6 is 15.9 Å². The number of ether oxygens (including phenoxy) is 1. The van der Waals surface area contributed by atoms with Crippen LogP contribution in [0.4, 0.5) is 0 Å². The molecule has 0 unspecified atom stereocenters. The Bertz CT molecular complexity index is 1470. The number of rotatable bonds is 7. The van der Waals surface area contributed by atoms with Gasteiger partial charge in [-0.05, 0) is 48.4 Å². The van der Waals surface area contributed by atoms with Crippen molar-refractivity contribution in [2.75, 3.05) is 0 Å². The maximum atomic E-state index is 13.3. The largest absolute Gasteiger partial charge is 0.489 e. The molecule has 0 saturated heterocycles. The summed E-state index contributed by atoms with van der Waals surface area (Å²) in [6.07, 6.45) is 2.46. The van der Waals surface area contributed by atoms with Gasteiger partial charge in [0.1, 0.15) is 18.2 Å². The first-order valence-corrected chi connectivity index (χ1v) is 11.8. The molecule has 0 saturated carbocycles. The summed E-state index contributed by atoms with van der Waals surface area (Å²) in [4.78, 5) is 18.0. The minimum Gasteiger partial charge on any atom is -0.489 e. The van der Waals surface area contributed by atoms with Crippen LogP contribution in [0.5, 0.6) is 5.75 Å². The van der Waals surface area contributed by atoms with Crippen molar-refractivity contribution in [2.24, 2.45) is 5.10 Å². The van der Waals surface area contributed by atoms with E-state index >= 15 is 0 Å². The van der Waals surface area contributed by atoms with Crippen molar-refractivity contribution >= 4 is 33.0 Å². The average Bonchev–Trinajstić information content (AvgIpc) is 2.87. The van der Waals surface area contributed by atoms with E-state index < -0.39 is 0 Å². The molecule has 0 radical (unpaired) electrons. The molecule has 3 aromatic carbocycles. The molecule has 1 heterocycles. The molecule has 1 aromatic heterocycles. The summed E-state index contributed by atoms with van der Waals surface area (Å²) in [5.41, 5.74) is 2.64. The second-order valence-corrected chi connectivity index (χ2v) is 8.85. The van der Waals surface area contributed by atoms with Gasteiger partial charge in [-0.25, -0.2) is 4.98 Å². The van der Waals surface area contributed by atoms with Gasteiger partial charge in [0.2, 0.25) is 0 Å². The Balaban J connectivity index is 1.65. The highest BCUT2D eigenvalue weighted by Gasteiger charge is 2.15. The van der Waals surface area contributed by atoms with Gasteiger partial charge in [0.15, 0.2) is 0 Å². The van der Waals surface area contributed by atoms with Gasteiger partial charge in [-0.2, -0.15) is 15.0 Å². The van der Waals surface area contributed by atoms with Crippen LogP contribution in [0.25, 0.3) is 10.9 Å².